The highest BCUT2D eigenvalue weighted by Crippen LogP contribution is 2.33. The molecule has 1 heterocycles. The van der Waals surface area contributed by atoms with Gasteiger partial charge in [0.05, 0.1) is 10.8 Å². The van der Waals surface area contributed by atoms with Crippen LogP contribution in [0.5, 0.6) is 0 Å². The number of rotatable bonds is 3. The minimum atomic E-state index is -4.64. The van der Waals surface area contributed by atoms with E-state index in [1.165, 1.54) is 6.07 Å². The zero-order valence-electron chi connectivity index (χ0n) is 13.7. The molecule has 0 spiro atoms. The maximum Gasteiger partial charge on any atom is 0.451 e. The van der Waals surface area contributed by atoms with Gasteiger partial charge >= 0.3 is 6.18 Å². The summed E-state index contributed by atoms with van der Waals surface area (Å²) in [6.07, 6.45) is -4.64. The molecule has 0 aliphatic carbocycles. The van der Waals surface area contributed by atoms with E-state index in [-0.39, 0.29) is 16.4 Å². The maximum absolute atomic E-state index is 13.0. The van der Waals surface area contributed by atoms with E-state index in [4.69, 9.17) is 0 Å². The zero-order valence-corrected chi connectivity index (χ0v) is 14.5. The second-order valence-electron chi connectivity index (χ2n) is 6.37. The van der Waals surface area contributed by atoms with Crippen LogP contribution in [0.4, 0.5) is 13.2 Å². The molecule has 0 saturated heterocycles. The lowest BCUT2D eigenvalue weighted by Crippen LogP contribution is -2.44. The normalized spacial score (nSPS) is 13.8. The van der Waals surface area contributed by atoms with Crippen LogP contribution < -0.4 is 5.32 Å². The van der Waals surface area contributed by atoms with Gasteiger partial charge in [-0.25, -0.2) is 9.97 Å². The van der Waals surface area contributed by atoms with Crippen molar-refractivity contribution < 1.29 is 18.0 Å². The number of hydrogen-bond acceptors (Lipinski definition) is 4. The number of hydrogen-bond donors (Lipinski definition) is 1. The number of carbonyl (C=O) groups is 1. The molecule has 1 N–H and O–H groups in total. The van der Waals surface area contributed by atoms with Crippen LogP contribution in [0.2, 0.25) is 0 Å². The second-order valence-corrected chi connectivity index (χ2v) is 7.70. The molecule has 2 rings (SSSR count). The molecule has 2 aromatic rings. The van der Waals surface area contributed by atoms with Crippen LogP contribution in [0.1, 0.15) is 33.5 Å². The van der Waals surface area contributed by atoms with Gasteiger partial charge in [-0.05, 0) is 33.8 Å². The van der Waals surface area contributed by atoms with Crippen molar-refractivity contribution in [3.8, 4) is 0 Å². The Morgan fingerprint density at radius 1 is 1.17 bits per heavy atom. The van der Waals surface area contributed by atoms with Gasteiger partial charge in [-0.3, -0.25) is 4.79 Å². The predicted octanol–water partition coefficient (Wildman–Crippen LogP) is 4.04. The second kappa shape index (κ2) is 6.58. The molecule has 4 nitrogen and oxygen atoms in total. The topological polar surface area (TPSA) is 54.9 Å². The van der Waals surface area contributed by atoms with Crippen LogP contribution in [0.15, 0.2) is 29.3 Å². The Labute approximate surface area is 142 Å². The molecule has 0 fully saturated rings. The molecule has 0 saturated carbocycles. The summed E-state index contributed by atoms with van der Waals surface area (Å²) in [6, 6.07) is 6.45. The van der Waals surface area contributed by atoms with Crippen molar-refractivity contribution in [2.75, 3.05) is 0 Å². The average molecular weight is 357 g/mol. The highest BCUT2D eigenvalue weighted by Gasteiger charge is 2.36. The van der Waals surface area contributed by atoms with Crippen molar-refractivity contribution in [3.05, 3.63) is 30.1 Å². The number of alkyl halides is 3. The van der Waals surface area contributed by atoms with Crippen molar-refractivity contribution >= 4 is 28.6 Å². The molecule has 1 aromatic heterocycles. The van der Waals surface area contributed by atoms with Gasteiger partial charge in [0.15, 0.2) is 0 Å². The summed E-state index contributed by atoms with van der Waals surface area (Å²) in [5.41, 5.74) is -0.220. The number of halogens is 3. The van der Waals surface area contributed by atoms with Gasteiger partial charge in [-0.1, -0.05) is 30.0 Å². The quantitative estimate of drug-likeness (QED) is 0.665. The number of thioether (sulfide) groups is 1. The smallest absolute Gasteiger partial charge is 0.351 e. The van der Waals surface area contributed by atoms with Gasteiger partial charge in [0.2, 0.25) is 11.7 Å². The fraction of sp³-hybridized carbons (Fsp3) is 0.438. The fourth-order valence-electron chi connectivity index (χ4n) is 1.96. The average Bonchev–Trinajstić information content (AvgIpc) is 2.44. The molecule has 1 unspecified atom stereocenters. The van der Waals surface area contributed by atoms with E-state index in [2.05, 4.69) is 15.3 Å². The molecule has 1 aromatic carbocycles. The number of amides is 1. The van der Waals surface area contributed by atoms with Crippen LogP contribution in [-0.2, 0) is 11.0 Å². The van der Waals surface area contributed by atoms with Gasteiger partial charge in [0.25, 0.3) is 0 Å². The molecule has 1 atom stereocenters. The summed E-state index contributed by atoms with van der Waals surface area (Å²) >= 11 is 0.989. The van der Waals surface area contributed by atoms with Crippen molar-refractivity contribution in [1.82, 2.24) is 15.3 Å². The Bertz CT molecular complexity index is 756. The first-order valence-electron chi connectivity index (χ1n) is 7.30. The first-order chi connectivity index (χ1) is 11.0. The first kappa shape index (κ1) is 18.5. The third kappa shape index (κ3) is 4.59. The van der Waals surface area contributed by atoms with Crippen molar-refractivity contribution in [2.45, 2.75) is 49.7 Å². The monoisotopic (exact) mass is 357 g/mol. The Kier molecular flexibility index (Phi) is 5.08. The molecular weight excluding hydrogens is 339 g/mol. The Morgan fingerprint density at radius 3 is 2.38 bits per heavy atom. The van der Waals surface area contributed by atoms with E-state index in [9.17, 15) is 18.0 Å². The van der Waals surface area contributed by atoms with Crippen LogP contribution in [-0.4, -0.2) is 26.7 Å². The lowest BCUT2D eigenvalue weighted by molar-refractivity contribution is -0.145. The maximum atomic E-state index is 13.0. The van der Waals surface area contributed by atoms with Gasteiger partial charge in [0, 0.05) is 10.9 Å². The Morgan fingerprint density at radius 2 is 1.79 bits per heavy atom. The Balaban J connectivity index is 2.38. The zero-order chi connectivity index (χ0) is 18.1. The highest BCUT2D eigenvalue weighted by atomic mass is 32.2. The largest absolute Gasteiger partial charge is 0.451 e. The van der Waals surface area contributed by atoms with Gasteiger partial charge in [-0.2, -0.15) is 13.2 Å². The number of aromatic nitrogens is 2. The third-order valence-electron chi connectivity index (χ3n) is 2.98. The number of nitrogens with one attached hydrogen (secondary N) is 1. The molecule has 0 aliphatic rings. The van der Waals surface area contributed by atoms with Gasteiger partial charge < -0.3 is 5.32 Å². The lowest BCUT2D eigenvalue weighted by atomic mass is 10.1. The summed E-state index contributed by atoms with van der Waals surface area (Å²) < 4.78 is 39.0. The summed E-state index contributed by atoms with van der Waals surface area (Å²) in [5, 5.41) is 2.85. The predicted molar refractivity (Wildman–Crippen MR) is 87.8 cm³/mol. The van der Waals surface area contributed by atoms with E-state index in [0.29, 0.717) is 5.39 Å². The first-order valence-corrected chi connectivity index (χ1v) is 8.18. The van der Waals surface area contributed by atoms with E-state index >= 15 is 0 Å². The van der Waals surface area contributed by atoms with E-state index in [1.54, 1.807) is 25.1 Å². The Hall–Kier alpha value is -1.83. The molecule has 24 heavy (non-hydrogen) atoms. The summed E-state index contributed by atoms with van der Waals surface area (Å²) in [7, 11) is 0. The number of fused-ring (bicyclic) bond motifs is 1. The molecule has 8 heteroatoms. The molecule has 0 aliphatic heterocycles. The van der Waals surface area contributed by atoms with Gasteiger partial charge in [0.1, 0.15) is 5.03 Å². The fourth-order valence-corrected chi connectivity index (χ4v) is 2.90. The lowest BCUT2D eigenvalue weighted by Gasteiger charge is -2.23. The molecule has 130 valence electrons. The van der Waals surface area contributed by atoms with E-state index in [0.717, 1.165) is 11.8 Å². The van der Waals surface area contributed by atoms with Crippen LogP contribution in [0.3, 0.4) is 0 Å². The number of nitrogens with zero attached hydrogens (tertiary/aromatic N) is 2. The minimum Gasteiger partial charge on any atom is -0.351 e. The van der Waals surface area contributed by atoms with Crippen LogP contribution in [0, 0.1) is 0 Å². The number of para-hydroxylation sites is 1. The number of carbonyl (C=O) groups excluding carboxylic acids is 1. The highest BCUT2D eigenvalue weighted by molar-refractivity contribution is 8.00. The summed E-state index contributed by atoms with van der Waals surface area (Å²) in [6.45, 7) is 7.15. The van der Waals surface area contributed by atoms with Crippen molar-refractivity contribution in [3.63, 3.8) is 0 Å². The third-order valence-corrected chi connectivity index (χ3v) is 4.08. The van der Waals surface area contributed by atoms with Crippen LogP contribution >= 0.6 is 11.8 Å². The van der Waals surface area contributed by atoms with E-state index in [1.807, 2.05) is 20.8 Å². The standard InChI is InChI=1S/C16H18F3N3OS/c1-9(12(23)22-15(2,3)4)24-13-10-7-5-6-8-11(10)20-14(21-13)16(17,18)19/h5-9H,1-4H3,(H,22,23). The number of benzene rings is 1. The SMILES string of the molecule is CC(Sc1nc(C(F)(F)F)nc2ccccc12)C(=O)NC(C)(C)C. The van der Waals surface area contributed by atoms with Crippen molar-refractivity contribution in [2.24, 2.45) is 0 Å². The van der Waals surface area contributed by atoms with Crippen molar-refractivity contribution in [1.29, 1.82) is 0 Å². The molecular formula is C16H18F3N3OS. The summed E-state index contributed by atoms with van der Waals surface area (Å²) in [5.74, 6) is -1.46. The minimum absolute atomic E-state index is 0.143. The summed E-state index contributed by atoms with van der Waals surface area (Å²) in [4.78, 5) is 19.4. The van der Waals surface area contributed by atoms with E-state index < -0.39 is 22.8 Å². The molecule has 1 amide bonds. The molecule has 0 bridgehead atoms. The van der Waals surface area contributed by atoms with Gasteiger partial charge in [-0.15, -0.1) is 0 Å². The van der Waals surface area contributed by atoms with Crippen LogP contribution in [0.25, 0.3) is 10.9 Å². The molecule has 0 radical (unpaired) electrons.